The Labute approximate surface area is 143 Å². The van der Waals surface area contributed by atoms with E-state index >= 15 is 0 Å². The first-order valence-electron chi connectivity index (χ1n) is 7.28. The molecule has 0 spiro atoms. The van der Waals surface area contributed by atoms with Gasteiger partial charge in [-0.25, -0.2) is 4.99 Å². The number of thioether (sulfide) groups is 1. The Morgan fingerprint density at radius 1 is 1.17 bits per heavy atom. The van der Waals surface area contributed by atoms with E-state index in [0.717, 1.165) is 11.1 Å². The lowest BCUT2D eigenvalue weighted by Gasteiger charge is -2.01. The molecule has 0 aromatic heterocycles. The van der Waals surface area contributed by atoms with E-state index in [1.807, 2.05) is 37.3 Å². The summed E-state index contributed by atoms with van der Waals surface area (Å²) >= 11 is 1.23. The fourth-order valence-corrected chi connectivity index (χ4v) is 3.02. The van der Waals surface area contributed by atoms with E-state index in [1.54, 1.807) is 24.3 Å². The molecule has 3 N–H and O–H groups in total. The van der Waals surface area contributed by atoms with E-state index in [0.29, 0.717) is 21.3 Å². The highest BCUT2D eigenvalue weighted by atomic mass is 32.2. The Hall–Kier alpha value is -2.86. The molecular formula is C18H15N3O2S. The van der Waals surface area contributed by atoms with Crippen molar-refractivity contribution in [3.63, 3.8) is 0 Å². The zero-order valence-corrected chi connectivity index (χ0v) is 13.8. The van der Waals surface area contributed by atoms with Gasteiger partial charge >= 0.3 is 0 Å². The Kier molecular flexibility index (Phi) is 4.48. The van der Waals surface area contributed by atoms with Gasteiger partial charge in [-0.15, -0.1) is 0 Å². The zero-order chi connectivity index (χ0) is 17.1. The highest BCUT2D eigenvalue weighted by Crippen LogP contribution is 2.29. The molecule has 1 aliphatic rings. The number of carbonyl (C=O) groups excluding carboxylic acids is 2. The smallest absolute Gasteiger partial charge is 0.264 e. The standard InChI is InChI=1S/C18H15N3O2S/c1-11-6-8-12(9-7-11)10-15-17(23)21-18(24-15)20-14-5-3-2-4-13(14)16(19)22/h2-10H,1H3,(H2,19,22)(H,20,21,23)/b15-10-. The molecule has 0 atom stereocenters. The van der Waals surface area contributed by atoms with Crippen molar-refractivity contribution in [2.75, 3.05) is 0 Å². The number of hydrogen-bond acceptors (Lipinski definition) is 4. The molecule has 5 nitrogen and oxygen atoms in total. The normalized spacial score (nSPS) is 17.3. The van der Waals surface area contributed by atoms with Crippen LogP contribution in [0, 0.1) is 6.92 Å². The van der Waals surface area contributed by atoms with Crippen LogP contribution < -0.4 is 11.1 Å². The van der Waals surface area contributed by atoms with Crippen molar-refractivity contribution in [3.8, 4) is 0 Å². The van der Waals surface area contributed by atoms with Gasteiger partial charge in [0, 0.05) is 0 Å². The maximum absolute atomic E-state index is 12.1. The van der Waals surface area contributed by atoms with Crippen LogP contribution in [0.1, 0.15) is 21.5 Å². The van der Waals surface area contributed by atoms with Gasteiger partial charge in [0.15, 0.2) is 5.17 Å². The summed E-state index contributed by atoms with van der Waals surface area (Å²) in [5, 5.41) is 3.13. The molecule has 0 unspecified atom stereocenters. The summed E-state index contributed by atoms with van der Waals surface area (Å²) in [5.74, 6) is -0.768. The summed E-state index contributed by atoms with van der Waals surface area (Å²) in [7, 11) is 0. The SMILES string of the molecule is Cc1ccc(/C=C2\SC(=Nc3ccccc3C(N)=O)NC2=O)cc1. The fraction of sp³-hybridized carbons (Fsp3) is 0.0556. The summed E-state index contributed by atoms with van der Waals surface area (Å²) in [5.41, 5.74) is 8.19. The molecule has 0 radical (unpaired) electrons. The van der Waals surface area contributed by atoms with Crippen molar-refractivity contribution in [3.05, 3.63) is 70.1 Å². The number of nitrogens with two attached hydrogens (primary N) is 1. The molecule has 1 aliphatic heterocycles. The number of hydrogen-bond donors (Lipinski definition) is 2. The van der Waals surface area contributed by atoms with Gasteiger partial charge < -0.3 is 11.1 Å². The lowest BCUT2D eigenvalue weighted by molar-refractivity contribution is -0.115. The number of para-hydroxylation sites is 1. The molecule has 0 aliphatic carbocycles. The number of nitrogens with one attached hydrogen (secondary N) is 1. The van der Waals surface area contributed by atoms with Gasteiger partial charge in [0.2, 0.25) is 0 Å². The Bertz CT molecular complexity index is 870. The minimum atomic E-state index is -0.556. The maximum Gasteiger partial charge on any atom is 0.264 e. The topological polar surface area (TPSA) is 84.5 Å². The van der Waals surface area contributed by atoms with Crippen molar-refractivity contribution in [2.24, 2.45) is 10.7 Å². The predicted octanol–water partition coefficient (Wildman–Crippen LogP) is 2.99. The van der Waals surface area contributed by atoms with Crippen LogP contribution in [0.2, 0.25) is 0 Å². The van der Waals surface area contributed by atoms with Crippen LogP contribution in [0.5, 0.6) is 0 Å². The van der Waals surface area contributed by atoms with Gasteiger partial charge in [-0.2, -0.15) is 0 Å². The molecule has 2 aromatic rings. The highest BCUT2D eigenvalue weighted by molar-refractivity contribution is 8.18. The van der Waals surface area contributed by atoms with E-state index < -0.39 is 5.91 Å². The predicted molar refractivity (Wildman–Crippen MR) is 96.9 cm³/mol. The summed E-state index contributed by atoms with van der Waals surface area (Å²) in [6, 6.07) is 14.6. The zero-order valence-electron chi connectivity index (χ0n) is 12.9. The van der Waals surface area contributed by atoms with Gasteiger partial charge in [0.05, 0.1) is 16.2 Å². The van der Waals surface area contributed by atoms with Crippen molar-refractivity contribution < 1.29 is 9.59 Å². The fourth-order valence-electron chi connectivity index (χ4n) is 2.18. The van der Waals surface area contributed by atoms with Crippen molar-refractivity contribution in [2.45, 2.75) is 6.92 Å². The largest absolute Gasteiger partial charge is 0.366 e. The van der Waals surface area contributed by atoms with E-state index in [-0.39, 0.29) is 5.91 Å². The molecule has 1 heterocycles. The number of primary amides is 1. The molecular weight excluding hydrogens is 322 g/mol. The number of rotatable bonds is 3. The first-order chi connectivity index (χ1) is 11.5. The van der Waals surface area contributed by atoms with Crippen LogP contribution in [0.4, 0.5) is 5.69 Å². The van der Waals surface area contributed by atoms with Crippen molar-refractivity contribution in [1.82, 2.24) is 5.32 Å². The second kappa shape index (κ2) is 6.72. The summed E-state index contributed by atoms with van der Waals surface area (Å²) in [4.78, 5) is 28.4. The van der Waals surface area contributed by atoms with E-state index in [9.17, 15) is 9.59 Å². The van der Waals surface area contributed by atoms with Crippen LogP contribution in [0.25, 0.3) is 6.08 Å². The Morgan fingerprint density at radius 2 is 1.88 bits per heavy atom. The highest BCUT2D eigenvalue weighted by Gasteiger charge is 2.24. The molecule has 24 heavy (non-hydrogen) atoms. The number of carbonyl (C=O) groups is 2. The van der Waals surface area contributed by atoms with Gasteiger partial charge in [-0.3, -0.25) is 9.59 Å². The average Bonchev–Trinajstić information content (AvgIpc) is 2.89. The van der Waals surface area contributed by atoms with Crippen LogP contribution in [-0.2, 0) is 4.79 Å². The van der Waals surface area contributed by atoms with Gasteiger partial charge in [-0.05, 0) is 42.5 Å². The molecule has 1 fully saturated rings. The number of nitrogens with zero attached hydrogens (tertiary/aromatic N) is 1. The number of benzene rings is 2. The molecule has 0 saturated carbocycles. The van der Waals surface area contributed by atoms with Gasteiger partial charge in [0.1, 0.15) is 0 Å². The van der Waals surface area contributed by atoms with E-state index in [4.69, 9.17) is 5.73 Å². The molecule has 6 heteroatoms. The van der Waals surface area contributed by atoms with Crippen LogP contribution >= 0.6 is 11.8 Å². The van der Waals surface area contributed by atoms with Crippen LogP contribution in [0.3, 0.4) is 0 Å². The number of amidine groups is 1. The van der Waals surface area contributed by atoms with Crippen LogP contribution in [0.15, 0.2) is 58.4 Å². The lowest BCUT2D eigenvalue weighted by atomic mass is 10.1. The molecule has 1 saturated heterocycles. The van der Waals surface area contributed by atoms with Crippen molar-refractivity contribution in [1.29, 1.82) is 0 Å². The third-order valence-corrected chi connectivity index (χ3v) is 4.33. The lowest BCUT2D eigenvalue weighted by Crippen LogP contribution is -2.19. The summed E-state index contributed by atoms with van der Waals surface area (Å²) in [6.45, 7) is 2.01. The minimum Gasteiger partial charge on any atom is -0.366 e. The minimum absolute atomic E-state index is 0.212. The van der Waals surface area contributed by atoms with Gasteiger partial charge in [-0.1, -0.05) is 42.0 Å². The third-order valence-electron chi connectivity index (χ3n) is 3.42. The first kappa shape index (κ1) is 16.0. The molecule has 2 aromatic carbocycles. The quantitative estimate of drug-likeness (QED) is 0.845. The molecule has 2 amide bonds. The monoisotopic (exact) mass is 337 g/mol. The molecule has 3 rings (SSSR count). The van der Waals surface area contributed by atoms with Gasteiger partial charge in [0.25, 0.3) is 11.8 Å². The van der Waals surface area contributed by atoms with E-state index in [2.05, 4.69) is 10.3 Å². The third kappa shape index (κ3) is 3.55. The summed E-state index contributed by atoms with van der Waals surface area (Å²) in [6.07, 6.45) is 1.81. The Balaban J connectivity index is 1.87. The number of aliphatic imine (C=N–C) groups is 1. The number of amides is 2. The first-order valence-corrected chi connectivity index (χ1v) is 8.09. The maximum atomic E-state index is 12.1. The Morgan fingerprint density at radius 3 is 2.58 bits per heavy atom. The van der Waals surface area contributed by atoms with Crippen molar-refractivity contribution >= 4 is 40.5 Å². The number of aryl methyl sites for hydroxylation is 1. The summed E-state index contributed by atoms with van der Waals surface area (Å²) < 4.78 is 0. The van der Waals surface area contributed by atoms with E-state index in [1.165, 1.54) is 11.8 Å². The second-order valence-corrected chi connectivity index (χ2v) is 6.30. The average molecular weight is 337 g/mol. The second-order valence-electron chi connectivity index (χ2n) is 5.27. The molecule has 0 bridgehead atoms. The van der Waals surface area contributed by atoms with Crippen LogP contribution in [-0.4, -0.2) is 17.0 Å². The molecule has 120 valence electrons.